The third-order valence-corrected chi connectivity index (χ3v) is 2.89. The van der Waals surface area contributed by atoms with E-state index in [0.717, 1.165) is 48.0 Å². The summed E-state index contributed by atoms with van der Waals surface area (Å²) in [6.07, 6.45) is 3.94. The van der Waals surface area contributed by atoms with Crippen LogP contribution >= 0.6 is 0 Å². The van der Waals surface area contributed by atoms with Crippen LogP contribution in [0.25, 0.3) is 11.4 Å². The second-order valence-electron chi connectivity index (χ2n) is 4.66. The van der Waals surface area contributed by atoms with E-state index in [-0.39, 0.29) is 0 Å². The number of nitrogens with zero attached hydrogens (tertiary/aromatic N) is 4. The lowest BCUT2D eigenvalue weighted by Gasteiger charge is -2.07. The Morgan fingerprint density at radius 1 is 1.26 bits per heavy atom. The molecule has 0 aliphatic heterocycles. The Hall–Kier alpha value is -1.91. The van der Waals surface area contributed by atoms with Crippen LogP contribution in [0.3, 0.4) is 0 Å². The van der Waals surface area contributed by atoms with Crippen molar-refractivity contribution in [1.29, 1.82) is 0 Å². The maximum atomic E-state index is 4.59. The van der Waals surface area contributed by atoms with Gasteiger partial charge in [0.15, 0.2) is 5.82 Å². The molecule has 0 amide bonds. The molecule has 2 aromatic heterocycles. The average molecular weight is 259 g/mol. The van der Waals surface area contributed by atoms with E-state index >= 15 is 0 Å². The number of hydrogen-bond donors (Lipinski definition) is 1. The molecule has 2 aromatic rings. The van der Waals surface area contributed by atoms with Crippen LogP contribution in [0.4, 0.5) is 5.82 Å². The van der Waals surface area contributed by atoms with Gasteiger partial charge >= 0.3 is 0 Å². The molecule has 0 radical (unpaired) electrons. The van der Waals surface area contributed by atoms with E-state index in [1.807, 2.05) is 30.9 Å². The molecule has 0 fully saturated rings. The zero-order chi connectivity index (χ0) is 13.8. The maximum Gasteiger partial charge on any atom is 0.165 e. The molecule has 19 heavy (non-hydrogen) atoms. The Morgan fingerprint density at radius 2 is 2.05 bits per heavy atom. The minimum Gasteiger partial charge on any atom is -0.370 e. The first-order valence-corrected chi connectivity index (χ1v) is 6.76. The highest BCUT2D eigenvalue weighted by Gasteiger charge is 2.12. The van der Waals surface area contributed by atoms with Gasteiger partial charge in [-0.15, -0.1) is 0 Å². The zero-order valence-corrected chi connectivity index (χ0v) is 12.1. The Bertz CT molecular complexity index is 559. The highest BCUT2D eigenvalue weighted by atomic mass is 15.3. The molecule has 0 unspecified atom stereocenters. The van der Waals surface area contributed by atoms with E-state index in [4.69, 9.17) is 0 Å². The van der Waals surface area contributed by atoms with E-state index in [1.54, 1.807) is 0 Å². The third kappa shape index (κ3) is 3.10. The summed E-state index contributed by atoms with van der Waals surface area (Å²) in [5.41, 5.74) is 3.03. The first-order valence-electron chi connectivity index (χ1n) is 6.76. The second-order valence-corrected chi connectivity index (χ2v) is 4.66. The van der Waals surface area contributed by atoms with Crippen LogP contribution in [0.1, 0.15) is 31.7 Å². The van der Waals surface area contributed by atoms with Crippen LogP contribution in [0, 0.1) is 6.92 Å². The first-order chi connectivity index (χ1) is 9.13. The summed E-state index contributed by atoms with van der Waals surface area (Å²) < 4.78 is 1.82. The summed E-state index contributed by atoms with van der Waals surface area (Å²) in [4.78, 5) is 9.12. The van der Waals surface area contributed by atoms with Gasteiger partial charge in [0.1, 0.15) is 5.82 Å². The van der Waals surface area contributed by atoms with Gasteiger partial charge in [0, 0.05) is 31.5 Å². The number of anilines is 1. The van der Waals surface area contributed by atoms with E-state index in [2.05, 4.69) is 34.2 Å². The maximum absolute atomic E-state index is 4.59. The van der Waals surface area contributed by atoms with E-state index in [1.165, 1.54) is 0 Å². The van der Waals surface area contributed by atoms with Gasteiger partial charge in [-0.05, 0) is 19.8 Å². The summed E-state index contributed by atoms with van der Waals surface area (Å²) in [5, 5.41) is 7.75. The van der Waals surface area contributed by atoms with Crippen molar-refractivity contribution in [2.45, 2.75) is 33.6 Å². The Kier molecular flexibility index (Phi) is 4.14. The second kappa shape index (κ2) is 5.82. The average Bonchev–Trinajstić information content (AvgIpc) is 2.77. The lowest BCUT2D eigenvalue weighted by molar-refractivity contribution is 0.746. The van der Waals surface area contributed by atoms with Crippen LogP contribution in [-0.2, 0) is 13.5 Å². The lowest BCUT2D eigenvalue weighted by atomic mass is 10.2. The van der Waals surface area contributed by atoms with E-state index in [9.17, 15) is 0 Å². The first kappa shape index (κ1) is 13.5. The molecule has 1 N–H and O–H groups in total. The van der Waals surface area contributed by atoms with Crippen molar-refractivity contribution in [3.63, 3.8) is 0 Å². The fourth-order valence-corrected chi connectivity index (χ4v) is 2.02. The summed E-state index contributed by atoms with van der Waals surface area (Å²) in [6.45, 7) is 7.14. The van der Waals surface area contributed by atoms with Crippen LogP contribution in [0.2, 0.25) is 0 Å². The predicted octanol–water partition coefficient (Wildman–Crippen LogP) is 2.57. The molecule has 0 saturated carbocycles. The van der Waals surface area contributed by atoms with Gasteiger partial charge in [-0.25, -0.2) is 9.97 Å². The number of aromatic nitrogens is 4. The molecule has 0 aliphatic carbocycles. The van der Waals surface area contributed by atoms with Gasteiger partial charge in [-0.1, -0.05) is 13.8 Å². The molecule has 5 heteroatoms. The van der Waals surface area contributed by atoms with Crippen molar-refractivity contribution in [1.82, 2.24) is 19.7 Å². The van der Waals surface area contributed by atoms with Crippen LogP contribution in [0.15, 0.2) is 12.3 Å². The molecular weight excluding hydrogens is 238 g/mol. The molecular formula is C14H21N5. The Labute approximate surface area is 114 Å². The quantitative estimate of drug-likeness (QED) is 0.896. The van der Waals surface area contributed by atoms with Gasteiger partial charge in [-0.3, -0.25) is 4.68 Å². The largest absolute Gasteiger partial charge is 0.370 e. The van der Waals surface area contributed by atoms with Crippen LogP contribution < -0.4 is 5.32 Å². The molecule has 0 atom stereocenters. The van der Waals surface area contributed by atoms with Crippen molar-refractivity contribution in [3.8, 4) is 11.4 Å². The summed E-state index contributed by atoms with van der Waals surface area (Å²) in [5.74, 6) is 1.64. The molecule has 0 bridgehead atoms. The van der Waals surface area contributed by atoms with Gasteiger partial charge < -0.3 is 5.32 Å². The summed E-state index contributed by atoms with van der Waals surface area (Å²) in [6, 6.07) is 1.97. The minimum atomic E-state index is 0.753. The molecule has 102 valence electrons. The van der Waals surface area contributed by atoms with Crippen molar-refractivity contribution in [2.24, 2.45) is 7.05 Å². The molecule has 2 rings (SSSR count). The van der Waals surface area contributed by atoms with Gasteiger partial charge in [0.2, 0.25) is 0 Å². The molecule has 0 spiro atoms. The number of rotatable bonds is 5. The number of nitrogens with one attached hydrogen (secondary N) is 1. The predicted molar refractivity (Wildman–Crippen MR) is 77.1 cm³/mol. The SMILES string of the molecule is CCCNc1cc(C)nc(-c2cn(C)nc2CC)n1. The normalized spacial score (nSPS) is 10.7. The summed E-state index contributed by atoms with van der Waals surface area (Å²) >= 11 is 0. The zero-order valence-electron chi connectivity index (χ0n) is 12.1. The van der Waals surface area contributed by atoms with Crippen molar-refractivity contribution < 1.29 is 0 Å². The highest BCUT2D eigenvalue weighted by Crippen LogP contribution is 2.21. The highest BCUT2D eigenvalue weighted by molar-refractivity contribution is 5.59. The van der Waals surface area contributed by atoms with Gasteiger partial charge in [0.05, 0.1) is 11.3 Å². The molecule has 2 heterocycles. The minimum absolute atomic E-state index is 0.753. The summed E-state index contributed by atoms with van der Waals surface area (Å²) in [7, 11) is 1.93. The van der Waals surface area contributed by atoms with Crippen molar-refractivity contribution in [3.05, 3.63) is 23.7 Å². The Balaban J connectivity index is 2.40. The standard InChI is InChI=1S/C14H21N5/c1-5-7-15-13-8-10(3)16-14(17-13)11-9-19(4)18-12(11)6-2/h8-9H,5-7H2,1-4H3,(H,15,16,17). The smallest absolute Gasteiger partial charge is 0.165 e. The van der Waals surface area contributed by atoms with Crippen LogP contribution in [-0.4, -0.2) is 26.3 Å². The lowest BCUT2D eigenvalue weighted by Crippen LogP contribution is -2.04. The van der Waals surface area contributed by atoms with Crippen molar-refractivity contribution >= 4 is 5.82 Å². The van der Waals surface area contributed by atoms with Crippen LogP contribution in [0.5, 0.6) is 0 Å². The number of aryl methyl sites for hydroxylation is 3. The van der Waals surface area contributed by atoms with E-state index in [0.29, 0.717) is 0 Å². The molecule has 0 aliphatic rings. The molecule has 0 saturated heterocycles. The molecule has 5 nitrogen and oxygen atoms in total. The fraction of sp³-hybridized carbons (Fsp3) is 0.500. The fourth-order valence-electron chi connectivity index (χ4n) is 2.02. The topological polar surface area (TPSA) is 55.6 Å². The molecule has 0 aromatic carbocycles. The van der Waals surface area contributed by atoms with E-state index < -0.39 is 0 Å². The number of hydrogen-bond acceptors (Lipinski definition) is 4. The van der Waals surface area contributed by atoms with Crippen molar-refractivity contribution in [2.75, 3.05) is 11.9 Å². The van der Waals surface area contributed by atoms with Gasteiger partial charge in [0.25, 0.3) is 0 Å². The third-order valence-electron chi connectivity index (χ3n) is 2.89. The monoisotopic (exact) mass is 259 g/mol. The Morgan fingerprint density at radius 3 is 2.74 bits per heavy atom. The van der Waals surface area contributed by atoms with Gasteiger partial charge in [-0.2, -0.15) is 5.10 Å².